The normalized spacial score (nSPS) is 11.6. The highest BCUT2D eigenvalue weighted by molar-refractivity contribution is 7.86. The topological polar surface area (TPSA) is 85.9 Å². The van der Waals surface area contributed by atoms with E-state index in [1.54, 1.807) is 17.1 Å². The van der Waals surface area contributed by atoms with Crippen molar-refractivity contribution in [3.8, 4) is 11.3 Å². The first-order chi connectivity index (χ1) is 9.89. The molecular formula is C13H17N4O3S+. The Morgan fingerprint density at radius 2 is 2.05 bits per heavy atom. The number of aryl methyl sites for hydroxylation is 3. The van der Waals surface area contributed by atoms with Gasteiger partial charge in [-0.1, -0.05) is 4.68 Å². The number of nitrogens with zero attached hydrogens (tertiary/aromatic N) is 4. The van der Waals surface area contributed by atoms with Crippen LogP contribution in [0, 0.1) is 13.8 Å². The summed E-state index contributed by atoms with van der Waals surface area (Å²) in [5.41, 5.74) is 2.54. The van der Waals surface area contributed by atoms with E-state index in [1.165, 1.54) is 0 Å². The van der Waals surface area contributed by atoms with Gasteiger partial charge in [0.1, 0.15) is 17.8 Å². The standard InChI is InChI=1S/C13H17N4O3S/c1-10-8-13(16-11(2)15-10)12-4-5-17(14-9-12)6-7-21(18,19)20-3/h4-5,8-9H,6-7H2,1-3H3/q+1. The quantitative estimate of drug-likeness (QED) is 0.588. The molecule has 8 heteroatoms. The predicted molar refractivity (Wildman–Crippen MR) is 75.7 cm³/mol. The minimum absolute atomic E-state index is 0.119. The van der Waals surface area contributed by atoms with Gasteiger partial charge in [0, 0.05) is 17.3 Å². The maximum absolute atomic E-state index is 11.3. The summed E-state index contributed by atoms with van der Waals surface area (Å²) in [5, 5.41) is 4.19. The summed E-state index contributed by atoms with van der Waals surface area (Å²) >= 11 is 0. The summed E-state index contributed by atoms with van der Waals surface area (Å²) in [6.07, 6.45) is 3.37. The minimum Gasteiger partial charge on any atom is -0.273 e. The number of aromatic nitrogens is 4. The molecule has 112 valence electrons. The average molecular weight is 309 g/mol. The second kappa shape index (κ2) is 6.23. The predicted octanol–water partition coefficient (Wildman–Crippen LogP) is 0.419. The molecule has 0 aliphatic rings. The lowest BCUT2D eigenvalue weighted by molar-refractivity contribution is -0.750. The van der Waals surface area contributed by atoms with Crippen molar-refractivity contribution in [1.29, 1.82) is 0 Å². The van der Waals surface area contributed by atoms with Crippen LogP contribution < -0.4 is 4.68 Å². The van der Waals surface area contributed by atoms with E-state index in [0.29, 0.717) is 5.82 Å². The first-order valence-corrected chi connectivity index (χ1v) is 7.94. The van der Waals surface area contributed by atoms with Crippen molar-refractivity contribution in [1.82, 2.24) is 15.1 Å². The first-order valence-electron chi connectivity index (χ1n) is 6.36. The van der Waals surface area contributed by atoms with Crippen molar-refractivity contribution >= 4 is 10.1 Å². The van der Waals surface area contributed by atoms with Gasteiger partial charge in [0.15, 0.2) is 12.7 Å². The molecule has 2 heterocycles. The van der Waals surface area contributed by atoms with E-state index in [4.69, 9.17) is 0 Å². The molecule has 2 rings (SSSR count). The Morgan fingerprint density at radius 3 is 2.62 bits per heavy atom. The van der Waals surface area contributed by atoms with Crippen molar-refractivity contribution in [2.75, 3.05) is 12.9 Å². The first kappa shape index (κ1) is 15.5. The van der Waals surface area contributed by atoms with Crippen LogP contribution in [-0.2, 0) is 20.8 Å². The summed E-state index contributed by atoms with van der Waals surface area (Å²) < 4.78 is 28.4. The molecule has 2 aromatic heterocycles. The second-order valence-electron chi connectivity index (χ2n) is 4.55. The van der Waals surface area contributed by atoms with Crippen LogP contribution in [0.2, 0.25) is 0 Å². The van der Waals surface area contributed by atoms with Gasteiger partial charge in [-0.3, -0.25) is 4.18 Å². The zero-order chi connectivity index (χ0) is 15.5. The van der Waals surface area contributed by atoms with Gasteiger partial charge in [-0.2, -0.15) is 8.42 Å². The van der Waals surface area contributed by atoms with Gasteiger partial charge in [0.2, 0.25) is 0 Å². The molecule has 0 atom stereocenters. The minimum atomic E-state index is -3.47. The maximum atomic E-state index is 11.3. The van der Waals surface area contributed by atoms with Crippen molar-refractivity contribution in [3.63, 3.8) is 0 Å². The molecule has 21 heavy (non-hydrogen) atoms. The number of hydrogen-bond donors (Lipinski definition) is 0. The van der Waals surface area contributed by atoms with Crippen LogP contribution >= 0.6 is 0 Å². The third-order valence-electron chi connectivity index (χ3n) is 2.86. The molecule has 0 aliphatic carbocycles. The Balaban J connectivity index is 2.15. The van der Waals surface area contributed by atoms with Crippen LogP contribution in [0.15, 0.2) is 24.5 Å². The van der Waals surface area contributed by atoms with E-state index in [9.17, 15) is 8.42 Å². The monoisotopic (exact) mass is 309 g/mol. The molecule has 0 aliphatic heterocycles. The van der Waals surface area contributed by atoms with Crippen LogP contribution in [-0.4, -0.2) is 36.3 Å². The average Bonchev–Trinajstić information content (AvgIpc) is 2.45. The third-order valence-corrected chi connectivity index (χ3v) is 4.05. The third kappa shape index (κ3) is 4.27. The Morgan fingerprint density at radius 1 is 1.29 bits per heavy atom. The fourth-order valence-electron chi connectivity index (χ4n) is 1.82. The molecule has 0 N–H and O–H groups in total. The Labute approximate surface area is 123 Å². The summed E-state index contributed by atoms with van der Waals surface area (Å²) in [7, 11) is -2.32. The molecule has 0 spiro atoms. The van der Waals surface area contributed by atoms with Crippen molar-refractivity contribution < 1.29 is 17.3 Å². The highest BCUT2D eigenvalue weighted by Crippen LogP contribution is 2.15. The van der Waals surface area contributed by atoms with Crippen LogP contribution in [0.5, 0.6) is 0 Å². The Kier molecular flexibility index (Phi) is 4.59. The van der Waals surface area contributed by atoms with Gasteiger partial charge in [-0.25, -0.2) is 9.97 Å². The van der Waals surface area contributed by atoms with Crippen LogP contribution in [0.1, 0.15) is 11.5 Å². The molecule has 0 saturated carbocycles. The SMILES string of the molecule is COS(=O)(=O)CC[n+]1ccc(-c2cc(C)nc(C)n2)cn1. The molecule has 0 fully saturated rings. The molecule has 0 unspecified atom stereocenters. The summed E-state index contributed by atoms with van der Waals surface area (Å²) in [4.78, 5) is 8.58. The van der Waals surface area contributed by atoms with Crippen LogP contribution in [0.25, 0.3) is 11.3 Å². The van der Waals surface area contributed by atoms with Gasteiger partial charge in [-0.15, -0.1) is 0 Å². The van der Waals surface area contributed by atoms with E-state index in [1.807, 2.05) is 26.0 Å². The maximum Gasteiger partial charge on any atom is 0.273 e. The highest BCUT2D eigenvalue weighted by atomic mass is 32.2. The lowest BCUT2D eigenvalue weighted by atomic mass is 10.2. The molecule has 0 radical (unpaired) electrons. The lowest BCUT2D eigenvalue weighted by Crippen LogP contribution is -2.40. The molecule has 0 saturated heterocycles. The Bertz CT molecular complexity index is 709. The fraction of sp³-hybridized carbons (Fsp3) is 0.385. The van der Waals surface area contributed by atoms with Gasteiger partial charge < -0.3 is 0 Å². The highest BCUT2D eigenvalue weighted by Gasteiger charge is 2.14. The van der Waals surface area contributed by atoms with E-state index in [0.717, 1.165) is 24.1 Å². The largest absolute Gasteiger partial charge is 0.273 e. The molecular weight excluding hydrogens is 292 g/mol. The van der Waals surface area contributed by atoms with Crippen molar-refractivity contribution in [3.05, 3.63) is 36.0 Å². The summed E-state index contributed by atoms with van der Waals surface area (Å²) in [6.45, 7) is 3.98. The van der Waals surface area contributed by atoms with Gasteiger partial charge in [0.05, 0.1) is 12.8 Å². The fourth-order valence-corrected chi connectivity index (χ4v) is 2.40. The molecule has 0 aromatic carbocycles. The molecule has 2 aromatic rings. The van der Waals surface area contributed by atoms with Gasteiger partial charge in [0.25, 0.3) is 10.1 Å². The summed E-state index contributed by atoms with van der Waals surface area (Å²) in [6, 6.07) is 3.72. The lowest BCUT2D eigenvalue weighted by Gasteiger charge is -2.02. The van der Waals surface area contributed by atoms with Gasteiger partial charge >= 0.3 is 0 Å². The van der Waals surface area contributed by atoms with Gasteiger partial charge in [-0.05, 0) is 25.0 Å². The van der Waals surface area contributed by atoms with E-state index >= 15 is 0 Å². The van der Waals surface area contributed by atoms with Crippen molar-refractivity contribution in [2.24, 2.45) is 0 Å². The number of rotatable bonds is 5. The smallest absolute Gasteiger partial charge is 0.273 e. The molecule has 0 amide bonds. The van der Waals surface area contributed by atoms with Crippen molar-refractivity contribution in [2.45, 2.75) is 20.4 Å². The van der Waals surface area contributed by atoms with Crippen LogP contribution in [0.3, 0.4) is 0 Å². The zero-order valence-electron chi connectivity index (χ0n) is 12.1. The summed E-state index contributed by atoms with van der Waals surface area (Å²) in [5.74, 6) is 0.583. The zero-order valence-corrected chi connectivity index (χ0v) is 13.0. The second-order valence-corrected chi connectivity index (χ2v) is 6.41. The van der Waals surface area contributed by atoms with E-state index in [2.05, 4.69) is 19.2 Å². The Hall–Kier alpha value is -1.93. The van der Waals surface area contributed by atoms with E-state index < -0.39 is 10.1 Å². The molecule has 0 bridgehead atoms. The molecule has 7 nitrogen and oxygen atoms in total. The van der Waals surface area contributed by atoms with E-state index in [-0.39, 0.29) is 12.3 Å². The number of hydrogen-bond acceptors (Lipinski definition) is 6. The van der Waals surface area contributed by atoms with Crippen LogP contribution in [0.4, 0.5) is 0 Å².